The molecule has 0 atom stereocenters. The van der Waals surface area contributed by atoms with Crippen LogP contribution in [0.5, 0.6) is 0 Å². The molecular formula is C29H22F3N5O2S. The number of amides is 2. The summed E-state index contributed by atoms with van der Waals surface area (Å²) in [6.07, 6.45) is -4.60. The van der Waals surface area contributed by atoms with Crippen molar-refractivity contribution in [2.24, 2.45) is 0 Å². The Labute approximate surface area is 231 Å². The van der Waals surface area contributed by atoms with Crippen molar-refractivity contribution in [2.75, 3.05) is 11.1 Å². The van der Waals surface area contributed by atoms with Crippen molar-refractivity contribution in [3.63, 3.8) is 0 Å². The van der Waals surface area contributed by atoms with Crippen LogP contribution in [0.25, 0.3) is 16.5 Å². The molecule has 5 aromatic rings. The summed E-state index contributed by atoms with van der Waals surface area (Å²) in [5.41, 5.74) is -0.0199. The molecule has 0 saturated heterocycles. The lowest BCUT2D eigenvalue weighted by Gasteiger charge is -2.14. The number of thioether (sulfide) groups is 1. The molecular weight excluding hydrogens is 539 g/mol. The summed E-state index contributed by atoms with van der Waals surface area (Å²) in [4.78, 5) is 25.7. The number of hydrogen-bond donors (Lipinski definition) is 2. The van der Waals surface area contributed by atoms with E-state index >= 15 is 0 Å². The second-order valence-electron chi connectivity index (χ2n) is 8.66. The maximum absolute atomic E-state index is 13.3. The highest BCUT2D eigenvalue weighted by atomic mass is 32.2. The zero-order valence-electron chi connectivity index (χ0n) is 20.9. The van der Waals surface area contributed by atoms with Crippen molar-refractivity contribution < 1.29 is 22.8 Å². The van der Waals surface area contributed by atoms with Crippen molar-refractivity contribution in [3.05, 3.63) is 114 Å². The van der Waals surface area contributed by atoms with Gasteiger partial charge < -0.3 is 10.6 Å². The summed E-state index contributed by atoms with van der Waals surface area (Å²) in [6.45, 7) is 0.0513. The number of rotatable bonds is 8. The molecule has 0 unspecified atom stereocenters. The van der Waals surface area contributed by atoms with Gasteiger partial charge in [-0.05, 0) is 41.1 Å². The van der Waals surface area contributed by atoms with Crippen LogP contribution < -0.4 is 10.6 Å². The predicted octanol–water partition coefficient (Wildman–Crippen LogP) is 6.10. The minimum absolute atomic E-state index is 0.0513. The molecule has 40 heavy (non-hydrogen) atoms. The minimum atomic E-state index is -4.60. The first-order chi connectivity index (χ1) is 19.3. The van der Waals surface area contributed by atoms with Gasteiger partial charge in [0.2, 0.25) is 5.91 Å². The number of benzene rings is 4. The highest BCUT2D eigenvalue weighted by Gasteiger charge is 2.33. The standard InChI is InChI=1S/C29H22F3N5O2S/c30-29(31,32)23-15-6-7-16-24(23)34-26(38)18-40-28-36-35-25(37(28)20-11-2-1-3-12-20)17-33-27(39)22-14-8-10-19-9-4-5-13-21(19)22/h1-16H,17-18H2,(H,33,39)(H,34,38). The van der Waals surface area contributed by atoms with E-state index in [4.69, 9.17) is 0 Å². The normalized spacial score (nSPS) is 11.4. The minimum Gasteiger partial charge on any atom is -0.345 e. The molecule has 5 rings (SSSR count). The summed E-state index contributed by atoms with van der Waals surface area (Å²) < 4.78 is 41.6. The molecule has 4 aromatic carbocycles. The van der Waals surface area contributed by atoms with Crippen molar-refractivity contribution in [3.8, 4) is 5.69 Å². The Hall–Kier alpha value is -4.64. The fraction of sp³-hybridized carbons (Fsp3) is 0.103. The van der Waals surface area contributed by atoms with Gasteiger partial charge in [-0.1, -0.05) is 78.5 Å². The van der Waals surface area contributed by atoms with Gasteiger partial charge in [0.05, 0.1) is 23.5 Å². The number of nitrogens with zero attached hydrogens (tertiary/aromatic N) is 3. The second kappa shape index (κ2) is 11.6. The average molecular weight is 562 g/mol. The highest BCUT2D eigenvalue weighted by Crippen LogP contribution is 2.34. The van der Waals surface area contributed by atoms with Crippen LogP contribution >= 0.6 is 11.8 Å². The van der Waals surface area contributed by atoms with E-state index in [1.54, 1.807) is 10.6 Å². The quantitative estimate of drug-likeness (QED) is 0.224. The Bertz CT molecular complexity index is 1670. The number of alkyl halides is 3. The first-order valence-electron chi connectivity index (χ1n) is 12.2. The van der Waals surface area contributed by atoms with Gasteiger partial charge in [0.25, 0.3) is 5.91 Å². The predicted molar refractivity (Wildman–Crippen MR) is 147 cm³/mol. The highest BCUT2D eigenvalue weighted by molar-refractivity contribution is 7.99. The molecule has 202 valence electrons. The first-order valence-corrected chi connectivity index (χ1v) is 13.1. The van der Waals surface area contributed by atoms with Crippen LogP contribution in [0.2, 0.25) is 0 Å². The van der Waals surface area contributed by atoms with E-state index < -0.39 is 17.6 Å². The third kappa shape index (κ3) is 5.99. The van der Waals surface area contributed by atoms with E-state index in [9.17, 15) is 22.8 Å². The molecule has 0 bridgehead atoms. The molecule has 1 heterocycles. The molecule has 0 aliphatic heterocycles. The van der Waals surface area contributed by atoms with Crippen molar-refractivity contribution in [2.45, 2.75) is 17.9 Å². The lowest BCUT2D eigenvalue weighted by molar-refractivity contribution is -0.137. The number of halogens is 3. The van der Waals surface area contributed by atoms with E-state index in [1.807, 2.05) is 66.7 Å². The van der Waals surface area contributed by atoms with Crippen molar-refractivity contribution in [1.82, 2.24) is 20.1 Å². The first kappa shape index (κ1) is 26.9. The molecule has 7 nitrogen and oxygen atoms in total. The third-order valence-corrected chi connectivity index (χ3v) is 6.92. The third-order valence-electron chi connectivity index (χ3n) is 6.00. The molecule has 11 heteroatoms. The number of para-hydroxylation sites is 2. The topological polar surface area (TPSA) is 88.9 Å². The van der Waals surface area contributed by atoms with Gasteiger partial charge >= 0.3 is 6.18 Å². The maximum atomic E-state index is 13.3. The van der Waals surface area contributed by atoms with Gasteiger partial charge in [-0.25, -0.2) is 0 Å². The monoisotopic (exact) mass is 561 g/mol. The van der Waals surface area contributed by atoms with Gasteiger partial charge in [-0.2, -0.15) is 13.2 Å². The molecule has 2 amide bonds. The molecule has 0 aliphatic rings. The lowest BCUT2D eigenvalue weighted by atomic mass is 10.0. The van der Waals surface area contributed by atoms with E-state index in [2.05, 4.69) is 20.8 Å². The summed E-state index contributed by atoms with van der Waals surface area (Å²) in [7, 11) is 0. The number of anilines is 1. The van der Waals surface area contributed by atoms with Gasteiger partial charge in [0.15, 0.2) is 11.0 Å². The Morgan fingerprint density at radius 3 is 2.33 bits per heavy atom. The Kier molecular flexibility index (Phi) is 7.83. The second-order valence-corrected chi connectivity index (χ2v) is 9.60. The average Bonchev–Trinajstić information content (AvgIpc) is 3.37. The molecule has 0 fully saturated rings. The van der Waals surface area contributed by atoms with Crippen LogP contribution in [0.4, 0.5) is 18.9 Å². The van der Waals surface area contributed by atoms with Crippen molar-refractivity contribution >= 4 is 40.0 Å². The number of nitrogens with one attached hydrogen (secondary N) is 2. The van der Waals surface area contributed by atoms with Crippen LogP contribution in [-0.2, 0) is 17.5 Å². The van der Waals surface area contributed by atoms with Gasteiger partial charge in [-0.3, -0.25) is 14.2 Å². The van der Waals surface area contributed by atoms with Crippen LogP contribution in [0.3, 0.4) is 0 Å². The Morgan fingerprint density at radius 2 is 1.52 bits per heavy atom. The SMILES string of the molecule is O=C(CSc1nnc(CNC(=O)c2cccc3ccccc23)n1-c1ccccc1)Nc1ccccc1C(F)(F)F. The largest absolute Gasteiger partial charge is 0.418 e. The van der Waals surface area contributed by atoms with Gasteiger partial charge in [0.1, 0.15) is 0 Å². The Morgan fingerprint density at radius 1 is 0.825 bits per heavy atom. The molecule has 0 aliphatic carbocycles. The molecule has 0 radical (unpaired) electrons. The molecule has 0 saturated carbocycles. The van der Waals surface area contributed by atoms with Crippen LogP contribution in [0.15, 0.2) is 102 Å². The van der Waals surface area contributed by atoms with Crippen LogP contribution in [0, 0.1) is 0 Å². The van der Waals surface area contributed by atoms with Crippen LogP contribution in [-0.4, -0.2) is 32.3 Å². The summed E-state index contributed by atoms with van der Waals surface area (Å²) in [5, 5.41) is 15.8. The number of fused-ring (bicyclic) bond motifs is 1. The van der Waals surface area contributed by atoms with Crippen LogP contribution in [0.1, 0.15) is 21.7 Å². The van der Waals surface area contributed by atoms with E-state index in [-0.39, 0.29) is 23.9 Å². The summed E-state index contributed by atoms with van der Waals surface area (Å²) in [5.74, 6) is -0.698. The Balaban J connectivity index is 1.33. The zero-order chi connectivity index (χ0) is 28.1. The van der Waals surface area contributed by atoms with Crippen molar-refractivity contribution in [1.29, 1.82) is 0 Å². The molecule has 0 spiro atoms. The fourth-order valence-electron chi connectivity index (χ4n) is 4.18. The van der Waals surface area contributed by atoms with Gasteiger partial charge in [-0.15, -0.1) is 10.2 Å². The number of carbonyl (C=O) groups excluding carboxylic acids is 2. The summed E-state index contributed by atoms with van der Waals surface area (Å²) >= 11 is 1.02. The number of carbonyl (C=O) groups is 2. The fourth-order valence-corrected chi connectivity index (χ4v) is 4.95. The smallest absolute Gasteiger partial charge is 0.345 e. The maximum Gasteiger partial charge on any atom is 0.418 e. The number of aromatic nitrogens is 3. The molecule has 1 aromatic heterocycles. The molecule has 2 N–H and O–H groups in total. The number of hydrogen-bond acceptors (Lipinski definition) is 5. The zero-order valence-corrected chi connectivity index (χ0v) is 21.7. The van der Waals surface area contributed by atoms with E-state index in [0.717, 1.165) is 28.6 Å². The lowest BCUT2D eigenvalue weighted by Crippen LogP contribution is -2.25. The van der Waals surface area contributed by atoms with E-state index in [0.29, 0.717) is 22.2 Å². The van der Waals surface area contributed by atoms with Gasteiger partial charge in [0, 0.05) is 11.3 Å². The summed E-state index contributed by atoms with van der Waals surface area (Å²) in [6, 6.07) is 27.0. The van der Waals surface area contributed by atoms with E-state index in [1.165, 1.54) is 18.2 Å².